The molecule has 0 aromatic carbocycles. The molecule has 8 nitrogen and oxygen atoms in total. The van der Waals surface area contributed by atoms with Crippen molar-refractivity contribution in [2.24, 2.45) is 11.8 Å². The largest absolute Gasteiger partial charge is 0.466 e. The molecule has 0 radical (unpaired) electrons. The van der Waals surface area contributed by atoms with Gasteiger partial charge < -0.3 is 18.9 Å². The van der Waals surface area contributed by atoms with Crippen LogP contribution in [0.25, 0.3) is 0 Å². The van der Waals surface area contributed by atoms with Crippen LogP contribution in [0.1, 0.15) is 91.9 Å². The van der Waals surface area contributed by atoms with E-state index in [0.717, 1.165) is 38.5 Å². The molecule has 4 fully saturated rings. The Bertz CT molecular complexity index is 565. The van der Waals surface area contributed by atoms with Gasteiger partial charge in [-0.3, -0.25) is 19.2 Å². The van der Waals surface area contributed by atoms with Crippen molar-refractivity contribution < 1.29 is 38.1 Å². The van der Waals surface area contributed by atoms with Gasteiger partial charge in [0.1, 0.15) is 6.10 Å². The molecule has 4 rings (SSSR count). The van der Waals surface area contributed by atoms with Gasteiger partial charge in [0.25, 0.3) is 0 Å². The maximum Gasteiger partial charge on any atom is 0.306 e. The van der Waals surface area contributed by atoms with Crippen molar-refractivity contribution in [3.8, 4) is 0 Å². The second-order valence-corrected chi connectivity index (χ2v) is 8.90. The molecule has 4 unspecified atom stereocenters. The van der Waals surface area contributed by atoms with Crippen LogP contribution in [-0.2, 0) is 38.1 Å². The van der Waals surface area contributed by atoms with Crippen molar-refractivity contribution in [2.45, 2.75) is 104 Å². The molecular formula is C24H40O8. The molecule has 184 valence electrons. The summed E-state index contributed by atoms with van der Waals surface area (Å²) in [5.41, 5.74) is 0. The van der Waals surface area contributed by atoms with Gasteiger partial charge in [-0.2, -0.15) is 0 Å². The Kier molecular flexibility index (Phi) is 13.6. The van der Waals surface area contributed by atoms with Crippen LogP contribution >= 0.6 is 0 Å². The molecule has 0 N–H and O–H groups in total. The van der Waals surface area contributed by atoms with E-state index in [1.165, 1.54) is 0 Å². The number of hydrogen-bond donors (Lipinski definition) is 0. The lowest BCUT2D eigenvalue weighted by atomic mass is 10.0. The molecule has 4 aliphatic heterocycles. The van der Waals surface area contributed by atoms with E-state index in [2.05, 4.69) is 13.8 Å². The van der Waals surface area contributed by atoms with Crippen molar-refractivity contribution in [1.29, 1.82) is 0 Å². The predicted molar refractivity (Wildman–Crippen MR) is 118 cm³/mol. The van der Waals surface area contributed by atoms with Crippen molar-refractivity contribution in [1.82, 2.24) is 0 Å². The molecule has 8 heteroatoms. The zero-order valence-electron chi connectivity index (χ0n) is 20.1. The van der Waals surface area contributed by atoms with Crippen molar-refractivity contribution in [2.75, 3.05) is 13.2 Å². The van der Waals surface area contributed by atoms with E-state index in [0.29, 0.717) is 50.7 Å². The van der Waals surface area contributed by atoms with E-state index in [1.807, 2.05) is 13.8 Å². The van der Waals surface area contributed by atoms with Gasteiger partial charge >= 0.3 is 23.9 Å². The Hall–Kier alpha value is -2.12. The fourth-order valence-electron chi connectivity index (χ4n) is 3.32. The van der Waals surface area contributed by atoms with E-state index in [-0.39, 0.29) is 36.1 Å². The maximum absolute atomic E-state index is 10.5. The van der Waals surface area contributed by atoms with Gasteiger partial charge in [-0.05, 0) is 57.3 Å². The van der Waals surface area contributed by atoms with Gasteiger partial charge in [0, 0.05) is 25.7 Å². The number of esters is 4. The lowest BCUT2D eigenvalue weighted by molar-refractivity contribution is -0.152. The number of ether oxygens (including phenoxy) is 4. The quantitative estimate of drug-likeness (QED) is 0.428. The standard InChI is InChI=1S/4C6H10O2/c1-5-2-3-8-6(7)4-5;1-5-2-3-6(7)8-4-5;1-5-3-2-4-6(7)8-5;1-2-5-3-4-6(7)8-5/h4*5H,2-4H2,1H3. The Morgan fingerprint density at radius 1 is 0.719 bits per heavy atom. The number of rotatable bonds is 1. The summed E-state index contributed by atoms with van der Waals surface area (Å²) >= 11 is 0. The third-order valence-electron chi connectivity index (χ3n) is 5.51. The molecule has 0 saturated carbocycles. The lowest BCUT2D eigenvalue weighted by Gasteiger charge is -2.17. The first-order valence-corrected chi connectivity index (χ1v) is 11.9. The number of carbonyl (C=O) groups is 4. The lowest BCUT2D eigenvalue weighted by Crippen LogP contribution is -2.19. The van der Waals surface area contributed by atoms with Gasteiger partial charge in [-0.25, -0.2) is 0 Å². The van der Waals surface area contributed by atoms with Crippen LogP contribution in [0.5, 0.6) is 0 Å². The molecule has 0 aromatic heterocycles. The highest BCUT2D eigenvalue weighted by atomic mass is 16.6. The van der Waals surface area contributed by atoms with E-state index in [9.17, 15) is 19.2 Å². The SMILES string of the molecule is CC1CCC(=O)OC1.CC1CCCC(=O)O1.CC1CCOC(=O)C1.CCC1CCC(=O)O1. The minimum absolute atomic E-state index is 0.0307. The molecule has 4 aliphatic rings. The monoisotopic (exact) mass is 456 g/mol. The van der Waals surface area contributed by atoms with E-state index < -0.39 is 0 Å². The van der Waals surface area contributed by atoms with Crippen molar-refractivity contribution >= 4 is 23.9 Å². The normalized spacial score (nSPS) is 29.2. The van der Waals surface area contributed by atoms with Crippen LogP contribution in [0.15, 0.2) is 0 Å². The highest BCUT2D eigenvalue weighted by molar-refractivity contribution is 5.71. The number of carbonyl (C=O) groups excluding carboxylic acids is 4. The van der Waals surface area contributed by atoms with Crippen LogP contribution in [0, 0.1) is 11.8 Å². The first kappa shape index (κ1) is 27.9. The summed E-state index contributed by atoms with van der Waals surface area (Å²) in [4.78, 5) is 41.7. The summed E-state index contributed by atoms with van der Waals surface area (Å²) in [6, 6.07) is 0. The Morgan fingerprint density at radius 3 is 1.75 bits per heavy atom. The van der Waals surface area contributed by atoms with Gasteiger partial charge in [0.2, 0.25) is 0 Å². The Morgan fingerprint density at radius 2 is 1.41 bits per heavy atom. The third-order valence-corrected chi connectivity index (χ3v) is 5.51. The van der Waals surface area contributed by atoms with Crippen LogP contribution in [0.4, 0.5) is 0 Å². The molecule has 32 heavy (non-hydrogen) atoms. The summed E-state index contributed by atoms with van der Waals surface area (Å²) in [6.45, 7) is 9.37. The molecule has 0 aromatic rings. The smallest absolute Gasteiger partial charge is 0.306 e. The van der Waals surface area contributed by atoms with E-state index >= 15 is 0 Å². The van der Waals surface area contributed by atoms with Gasteiger partial charge in [0.15, 0.2) is 0 Å². The molecule has 0 amide bonds. The van der Waals surface area contributed by atoms with E-state index in [1.54, 1.807) is 0 Å². The zero-order chi connectivity index (χ0) is 23.9. The summed E-state index contributed by atoms with van der Waals surface area (Å²) in [7, 11) is 0. The minimum Gasteiger partial charge on any atom is -0.466 e. The average molecular weight is 457 g/mol. The predicted octanol–water partition coefficient (Wildman–Crippen LogP) is 4.12. The second-order valence-electron chi connectivity index (χ2n) is 8.90. The molecule has 4 saturated heterocycles. The van der Waals surface area contributed by atoms with E-state index in [4.69, 9.17) is 18.9 Å². The molecule has 4 heterocycles. The highest BCUT2D eigenvalue weighted by Gasteiger charge is 2.20. The fourth-order valence-corrected chi connectivity index (χ4v) is 3.32. The number of hydrogen-bond acceptors (Lipinski definition) is 8. The van der Waals surface area contributed by atoms with Gasteiger partial charge in [0.05, 0.1) is 19.3 Å². The first-order chi connectivity index (χ1) is 15.2. The average Bonchev–Trinajstić information content (AvgIpc) is 3.17. The third kappa shape index (κ3) is 13.3. The maximum atomic E-state index is 10.5. The fraction of sp³-hybridized carbons (Fsp3) is 0.833. The van der Waals surface area contributed by atoms with Crippen LogP contribution in [-0.4, -0.2) is 49.3 Å². The highest BCUT2D eigenvalue weighted by Crippen LogP contribution is 2.16. The number of cyclic esters (lactones) is 4. The summed E-state index contributed by atoms with van der Waals surface area (Å²) in [5.74, 6) is 0.969. The van der Waals surface area contributed by atoms with Crippen LogP contribution < -0.4 is 0 Å². The van der Waals surface area contributed by atoms with Crippen molar-refractivity contribution in [3.63, 3.8) is 0 Å². The molecule has 0 bridgehead atoms. The Labute approximate surface area is 191 Å². The summed E-state index contributed by atoms with van der Waals surface area (Å²) in [5, 5.41) is 0. The Balaban J connectivity index is 0.000000213. The molecular weight excluding hydrogens is 416 g/mol. The van der Waals surface area contributed by atoms with Crippen LogP contribution in [0.2, 0.25) is 0 Å². The topological polar surface area (TPSA) is 105 Å². The summed E-state index contributed by atoms with van der Waals surface area (Å²) in [6.07, 6.45) is 8.81. The van der Waals surface area contributed by atoms with Gasteiger partial charge in [-0.15, -0.1) is 0 Å². The second kappa shape index (κ2) is 15.6. The minimum atomic E-state index is -0.0388. The zero-order valence-corrected chi connectivity index (χ0v) is 20.1. The molecule has 0 spiro atoms. The summed E-state index contributed by atoms with van der Waals surface area (Å²) < 4.78 is 19.2. The van der Waals surface area contributed by atoms with Crippen LogP contribution in [0.3, 0.4) is 0 Å². The van der Waals surface area contributed by atoms with Gasteiger partial charge in [-0.1, -0.05) is 20.8 Å². The first-order valence-electron chi connectivity index (χ1n) is 11.9. The molecule has 4 atom stereocenters. The van der Waals surface area contributed by atoms with Crippen molar-refractivity contribution in [3.05, 3.63) is 0 Å². The molecule has 0 aliphatic carbocycles.